The van der Waals surface area contributed by atoms with E-state index in [9.17, 15) is 4.39 Å². The molecule has 0 saturated heterocycles. The number of halogens is 3. The minimum atomic E-state index is -0.293. The van der Waals surface area contributed by atoms with E-state index in [4.69, 9.17) is 4.74 Å². The predicted molar refractivity (Wildman–Crippen MR) is 82.2 cm³/mol. The SMILES string of the molecule is Fc1ccc(OCCNc2ccccc2Br)cc1Br. The summed E-state index contributed by atoms with van der Waals surface area (Å²) in [4.78, 5) is 0. The third-order valence-corrected chi connectivity index (χ3v) is 3.75. The second-order valence-corrected chi connectivity index (χ2v) is 5.54. The molecule has 0 unspecified atom stereocenters. The van der Waals surface area contributed by atoms with Crippen LogP contribution in [0.25, 0.3) is 0 Å². The van der Waals surface area contributed by atoms with Crippen LogP contribution in [0.15, 0.2) is 51.4 Å². The molecule has 0 saturated carbocycles. The Kier molecular flexibility index (Phi) is 5.22. The van der Waals surface area contributed by atoms with Crippen molar-refractivity contribution < 1.29 is 9.13 Å². The minimum Gasteiger partial charge on any atom is -0.492 e. The maximum Gasteiger partial charge on any atom is 0.137 e. The lowest BCUT2D eigenvalue weighted by Crippen LogP contribution is -2.11. The van der Waals surface area contributed by atoms with Gasteiger partial charge in [0, 0.05) is 16.7 Å². The van der Waals surface area contributed by atoms with Crippen LogP contribution < -0.4 is 10.1 Å². The van der Waals surface area contributed by atoms with Crippen LogP contribution in [0.2, 0.25) is 0 Å². The third kappa shape index (κ3) is 4.21. The van der Waals surface area contributed by atoms with Crippen molar-refractivity contribution in [3.63, 3.8) is 0 Å². The molecule has 0 amide bonds. The van der Waals surface area contributed by atoms with Crippen LogP contribution in [0, 0.1) is 5.82 Å². The molecule has 0 bridgehead atoms. The van der Waals surface area contributed by atoms with Crippen LogP contribution in [0.4, 0.5) is 10.1 Å². The fourth-order valence-corrected chi connectivity index (χ4v) is 2.31. The number of benzene rings is 2. The van der Waals surface area contributed by atoms with Crippen LogP contribution in [0.1, 0.15) is 0 Å². The fourth-order valence-electron chi connectivity index (χ4n) is 1.53. The van der Waals surface area contributed by atoms with Gasteiger partial charge in [0.25, 0.3) is 0 Å². The van der Waals surface area contributed by atoms with Gasteiger partial charge in [0.15, 0.2) is 0 Å². The van der Waals surface area contributed by atoms with E-state index in [2.05, 4.69) is 37.2 Å². The van der Waals surface area contributed by atoms with Crippen molar-refractivity contribution >= 4 is 37.5 Å². The summed E-state index contributed by atoms with van der Waals surface area (Å²) in [5, 5.41) is 3.25. The van der Waals surface area contributed by atoms with Gasteiger partial charge in [-0.15, -0.1) is 0 Å². The third-order valence-electron chi connectivity index (χ3n) is 2.45. The van der Waals surface area contributed by atoms with Gasteiger partial charge in [0.1, 0.15) is 18.2 Å². The molecule has 2 nitrogen and oxygen atoms in total. The summed E-state index contributed by atoms with van der Waals surface area (Å²) in [5.74, 6) is 0.348. The van der Waals surface area contributed by atoms with Gasteiger partial charge in [-0.3, -0.25) is 0 Å². The van der Waals surface area contributed by atoms with Gasteiger partial charge < -0.3 is 10.1 Å². The van der Waals surface area contributed by atoms with E-state index in [0.717, 1.165) is 10.2 Å². The maximum atomic E-state index is 13.0. The second-order valence-electron chi connectivity index (χ2n) is 3.83. The smallest absolute Gasteiger partial charge is 0.137 e. The summed E-state index contributed by atoms with van der Waals surface area (Å²) in [6.07, 6.45) is 0. The molecule has 2 aromatic carbocycles. The molecule has 1 N–H and O–H groups in total. The number of ether oxygens (including phenoxy) is 1. The first-order valence-corrected chi connectivity index (χ1v) is 7.31. The zero-order chi connectivity index (χ0) is 13.7. The van der Waals surface area contributed by atoms with Crippen LogP contribution in [0.5, 0.6) is 5.75 Å². The van der Waals surface area contributed by atoms with Gasteiger partial charge in [-0.05, 0) is 62.2 Å². The summed E-state index contributed by atoms with van der Waals surface area (Å²) in [5.41, 5.74) is 1.02. The van der Waals surface area contributed by atoms with Crippen LogP contribution >= 0.6 is 31.9 Å². The maximum absolute atomic E-state index is 13.0. The Labute approximate surface area is 128 Å². The summed E-state index contributed by atoms with van der Waals surface area (Å²) < 4.78 is 20.0. The molecule has 100 valence electrons. The van der Waals surface area contributed by atoms with Gasteiger partial charge in [0.05, 0.1) is 4.47 Å². The molecule has 0 atom stereocenters. The Morgan fingerprint density at radius 1 is 1.05 bits per heavy atom. The van der Waals surface area contributed by atoms with E-state index in [1.165, 1.54) is 6.07 Å². The molecule has 2 rings (SSSR count). The molecule has 0 aliphatic heterocycles. The molecule has 0 spiro atoms. The van der Waals surface area contributed by atoms with Crippen molar-refractivity contribution in [1.82, 2.24) is 0 Å². The van der Waals surface area contributed by atoms with Crippen molar-refractivity contribution in [1.29, 1.82) is 0 Å². The molecular formula is C14H12Br2FNO. The van der Waals surface area contributed by atoms with Crippen molar-refractivity contribution in [2.24, 2.45) is 0 Å². The highest BCUT2D eigenvalue weighted by Crippen LogP contribution is 2.22. The minimum absolute atomic E-state index is 0.293. The standard InChI is InChI=1S/C14H12Br2FNO/c15-11-3-1-2-4-14(11)18-7-8-19-10-5-6-13(17)12(16)9-10/h1-6,9,18H,7-8H2. The van der Waals surface area contributed by atoms with E-state index in [1.54, 1.807) is 12.1 Å². The number of para-hydroxylation sites is 1. The van der Waals surface area contributed by atoms with E-state index in [1.807, 2.05) is 24.3 Å². The molecule has 0 aliphatic carbocycles. The van der Waals surface area contributed by atoms with Crippen molar-refractivity contribution in [2.75, 3.05) is 18.5 Å². The molecule has 2 aromatic rings. The summed E-state index contributed by atoms with van der Waals surface area (Å²) in [6.45, 7) is 1.16. The predicted octanol–water partition coefficient (Wildman–Crippen LogP) is 4.84. The van der Waals surface area contributed by atoms with Gasteiger partial charge in [0.2, 0.25) is 0 Å². The number of hydrogen-bond donors (Lipinski definition) is 1. The Hall–Kier alpha value is -1.07. The highest BCUT2D eigenvalue weighted by Gasteiger charge is 2.01. The van der Waals surface area contributed by atoms with Crippen LogP contribution in [-0.2, 0) is 0 Å². The van der Waals surface area contributed by atoms with Gasteiger partial charge >= 0.3 is 0 Å². The molecule has 0 radical (unpaired) electrons. The molecule has 0 aromatic heterocycles. The summed E-state index contributed by atoms with van der Waals surface area (Å²) in [6, 6.07) is 12.5. The van der Waals surface area contributed by atoms with Gasteiger partial charge in [-0.25, -0.2) is 4.39 Å². The van der Waals surface area contributed by atoms with E-state index in [-0.39, 0.29) is 5.82 Å². The molecule has 0 aliphatic rings. The quantitative estimate of drug-likeness (QED) is 0.740. The lowest BCUT2D eigenvalue weighted by molar-refractivity contribution is 0.332. The lowest BCUT2D eigenvalue weighted by atomic mass is 10.3. The fraction of sp³-hybridized carbons (Fsp3) is 0.143. The number of anilines is 1. The van der Waals surface area contributed by atoms with Gasteiger partial charge in [-0.1, -0.05) is 12.1 Å². The Balaban J connectivity index is 1.81. The highest BCUT2D eigenvalue weighted by atomic mass is 79.9. The van der Waals surface area contributed by atoms with Gasteiger partial charge in [-0.2, -0.15) is 0 Å². The van der Waals surface area contributed by atoms with Crippen molar-refractivity contribution in [3.05, 3.63) is 57.2 Å². The number of nitrogens with one attached hydrogen (secondary N) is 1. The Morgan fingerprint density at radius 3 is 2.58 bits per heavy atom. The average Bonchev–Trinajstić information content (AvgIpc) is 2.40. The van der Waals surface area contributed by atoms with Crippen molar-refractivity contribution in [2.45, 2.75) is 0 Å². The normalized spacial score (nSPS) is 10.3. The first-order chi connectivity index (χ1) is 9.16. The van der Waals surface area contributed by atoms with Crippen molar-refractivity contribution in [3.8, 4) is 5.75 Å². The largest absolute Gasteiger partial charge is 0.492 e. The van der Waals surface area contributed by atoms with E-state index in [0.29, 0.717) is 23.4 Å². The second kappa shape index (κ2) is 6.91. The molecular weight excluding hydrogens is 377 g/mol. The lowest BCUT2D eigenvalue weighted by Gasteiger charge is -2.10. The summed E-state index contributed by atoms with van der Waals surface area (Å²) >= 11 is 6.58. The Bertz CT molecular complexity index is 563. The Morgan fingerprint density at radius 2 is 1.84 bits per heavy atom. The first-order valence-electron chi connectivity index (χ1n) is 5.73. The van der Waals surface area contributed by atoms with E-state index < -0.39 is 0 Å². The molecule has 5 heteroatoms. The average molecular weight is 389 g/mol. The first kappa shape index (κ1) is 14.3. The molecule has 19 heavy (non-hydrogen) atoms. The zero-order valence-electron chi connectivity index (χ0n) is 10.00. The van der Waals surface area contributed by atoms with E-state index >= 15 is 0 Å². The monoisotopic (exact) mass is 387 g/mol. The van der Waals surface area contributed by atoms with Crippen LogP contribution in [-0.4, -0.2) is 13.2 Å². The highest BCUT2D eigenvalue weighted by molar-refractivity contribution is 9.10. The topological polar surface area (TPSA) is 21.3 Å². The molecule has 0 fully saturated rings. The molecule has 0 heterocycles. The number of rotatable bonds is 5. The zero-order valence-corrected chi connectivity index (χ0v) is 13.2. The number of hydrogen-bond acceptors (Lipinski definition) is 2. The summed E-state index contributed by atoms with van der Waals surface area (Å²) in [7, 11) is 0. The van der Waals surface area contributed by atoms with Crippen LogP contribution in [0.3, 0.4) is 0 Å².